The summed E-state index contributed by atoms with van der Waals surface area (Å²) in [7, 11) is -4.85. The highest BCUT2D eigenvalue weighted by atomic mass is 32.2. The van der Waals surface area contributed by atoms with E-state index in [1.54, 1.807) is 24.3 Å². The van der Waals surface area contributed by atoms with Crippen molar-refractivity contribution >= 4 is 33.6 Å². The van der Waals surface area contributed by atoms with Crippen molar-refractivity contribution in [2.75, 3.05) is 0 Å². The van der Waals surface area contributed by atoms with Crippen LogP contribution >= 0.6 is 0 Å². The molecule has 182 valence electrons. The Bertz CT molecular complexity index is 1500. The molecule has 12 heteroatoms. The van der Waals surface area contributed by atoms with Gasteiger partial charge in [-0.15, -0.1) is 0 Å². The Balaban J connectivity index is 1.71. The van der Waals surface area contributed by atoms with Gasteiger partial charge in [0, 0.05) is 40.6 Å². The van der Waals surface area contributed by atoms with E-state index in [0.717, 1.165) is 3.97 Å². The first kappa shape index (κ1) is 23.6. The van der Waals surface area contributed by atoms with Gasteiger partial charge in [-0.3, -0.25) is 0 Å². The number of pyridine rings is 1. The van der Waals surface area contributed by atoms with Crippen molar-refractivity contribution in [3.63, 3.8) is 0 Å². The molecule has 0 spiro atoms. The van der Waals surface area contributed by atoms with Gasteiger partial charge in [0.15, 0.2) is 5.65 Å². The molecule has 4 heterocycles. The molecule has 1 aliphatic heterocycles. The van der Waals surface area contributed by atoms with Crippen molar-refractivity contribution in [2.24, 2.45) is 0 Å². The van der Waals surface area contributed by atoms with Crippen LogP contribution in [-0.4, -0.2) is 45.5 Å². The first-order valence-electron chi connectivity index (χ1n) is 10.9. The molecule has 4 aromatic rings. The highest BCUT2D eigenvalue weighted by Crippen LogP contribution is 2.37. The third-order valence-electron chi connectivity index (χ3n) is 6.58. The van der Waals surface area contributed by atoms with Crippen molar-refractivity contribution in [3.8, 4) is 11.1 Å². The van der Waals surface area contributed by atoms with Gasteiger partial charge in [0.25, 0.3) is 10.0 Å². The van der Waals surface area contributed by atoms with Crippen LogP contribution in [0.3, 0.4) is 0 Å². The molecule has 1 aliphatic rings. The van der Waals surface area contributed by atoms with E-state index in [9.17, 15) is 17.2 Å². The van der Waals surface area contributed by atoms with E-state index in [1.807, 2.05) is 27.7 Å². The molecule has 0 saturated carbocycles. The van der Waals surface area contributed by atoms with Gasteiger partial charge in [-0.2, -0.15) is 13.9 Å². The van der Waals surface area contributed by atoms with Crippen LogP contribution in [-0.2, 0) is 19.3 Å². The summed E-state index contributed by atoms with van der Waals surface area (Å²) in [5.41, 5.74) is 0.231. The van der Waals surface area contributed by atoms with Gasteiger partial charge < -0.3 is 9.31 Å². The monoisotopic (exact) mass is 500 g/mol. The Labute approximate surface area is 201 Å². The van der Waals surface area contributed by atoms with Gasteiger partial charge >= 0.3 is 13.7 Å². The number of benzene rings is 1. The molecule has 0 aliphatic carbocycles. The predicted octanol–water partition coefficient (Wildman–Crippen LogP) is 3.83. The molecule has 1 fully saturated rings. The summed E-state index contributed by atoms with van der Waals surface area (Å²) >= 11 is 0. The van der Waals surface area contributed by atoms with Crippen LogP contribution in [0.5, 0.6) is 0 Å². The third-order valence-corrected chi connectivity index (χ3v) is 8.25. The van der Waals surface area contributed by atoms with Crippen molar-refractivity contribution in [2.45, 2.75) is 50.3 Å². The number of hydrogen-bond acceptors (Lipinski definition) is 6. The van der Waals surface area contributed by atoms with Gasteiger partial charge in [0.1, 0.15) is 0 Å². The van der Waals surface area contributed by atoms with E-state index in [1.165, 1.54) is 36.9 Å². The Morgan fingerprint density at radius 2 is 1.63 bits per heavy atom. The molecule has 1 aromatic carbocycles. The van der Waals surface area contributed by atoms with Crippen LogP contribution in [0.2, 0.25) is 0 Å². The summed E-state index contributed by atoms with van der Waals surface area (Å²) in [4.78, 5) is 4.51. The molecular weight excluding hydrogens is 477 g/mol. The minimum atomic E-state index is -3.99. The van der Waals surface area contributed by atoms with E-state index in [-0.39, 0.29) is 10.5 Å². The molecule has 0 N–H and O–H groups in total. The lowest BCUT2D eigenvalue weighted by Gasteiger charge is -2.32. The molecule has 0 atom stereocenters. The summed E-state index contributed by atoms with van der Waals surface area (Å²) in [5, 5.41) is 4.15. The van der Waals surface area contributed by atoms with Crippen molar-refractivity contribution in [1.29, 1.82) is 0 Å². The molecule has 8 nitrogen and oxygen atoms in total. The fourth-order valence-corrected chi connectivity index (χ4v) is 5.26. The first-order chi connectivity index (χ1) is 16.4. The van der Waals surface area contributed by atoms with Gasteiger partial charge in [0.2, 0.25) is 0 Å². The van der Waals surface area contributed by atoms with Gasteiger partial charge in [-0.05, 0) is 45.9 Å². The number of alkyl halides is 2. The number of rotatable bonds is 5. The number of fused-ring (bicyclic) bond motifs is 1. The lowest BCUT2D eigenvalue weighted by molar-refractivity contribution is 0.00578. The molecular formula is C23H23BF2N4O4S. The Hall–Kier alpha value is -3.09. The van der Waals surface area contributed by atoms with E-state index >= 15 is 0 Å². The summed E-state index contributed by atoms with van der Waals surface area (Å²) in [6.45, 7) is 4.81. The number of aromatic nitrogens is 4. The standard InChI is InChI=1S/C23H23BF2N4O4S/c1-22(2)23(3,4)34-24(33-22)19-14-30(35(31,32)17-8-6-5-7-9-17)20-18(19)10-15(11-27-20)16-12-28-29(13-16)21(25)26/h5-14,21H,1-4H3. The van der Waals surface area contributed by atoms with Crippen molar-refractivity contribution < 1.29 is 26.5 Å². The fraction of sp³-hybridized carbons (Fsp3) is 0.304. The molecule has 3 aromatic heterocycles. The molecule has 1 saturated heterocycles. The summed E-state index contributed by atoms with van der Waals surface area (Å²) in [6.07, 6.45) is 5.40. The zero-order valence-electron chi connectivity index (χ0n) is 19.5. The SMILES string of the molecule is CC1(C)OB(c2cn(S(=O)(=O)c3ccccc3)c3ncc(-c4cnn(C(F)F)c4)cc23)OC1(C)C. The van der Waals surface area contributed by atoms with Crippen LogP contribution in [0.1, 0.15) is 34.2 Å². The largest absolute Gasteiger partial charge is 0.497 e. The Morgan fingerprint density at radius 3 is 2.23 bits per heavy atom. The summed E-state index contributed by atoms with van der Waals surface area (Å²) in [5.74, 6) is 0. The average Bonchev–Trinajstić information content (AvgIpc) is 3.49. The van der Waals surface area contributed by atoms with Gasteiger partial charge in [-0.25, -0.2) is 22.1 Å². The molecule has 5 rings (SSSR count). The zero-order chi connectivity index (χ0) is 25.2. The second-order valence-electron chi connectivity index (χ2n) is 9.37. The van der Waals surface area contributed by atoms with Crippen molar-refractivity contribution in [3.05, 3.63) is 61.2 Å². The van der Waals surface area contributed by atoms with Gasteiger partial charge in [0.05, 0.1) is 22.3 Å². The third kappa shape index (κ3) is 3.85. The summed E-state index contributed by atoms with van der Waals surface area (Å²) in [6, 6.07) is 9.70. The fourth-order valence-electron chi connectivity index (χ4n) is 3.90. The maximum absolute atomic E-state index is 13.5. The lowest BCUT2D eigenvalue weighted by Crippen LogP contribution is -2.41. The van der Waals surface area contributed by atoms with Crippen molar-refractivity contribution in [1.82, 2.24) is 18.7 Å². The van der Waals surface area contributed by atoms with E-state index in [4.69, 9.17) is 9.31 Å². The number of hydrogen-bond donors (Lipinski definition) is 0. The molecule has 0 bridgehead atoms. The van der Waals surface area contributed by atoms with Gasteiger partial charge in [-0.1, -0.05) is 18.2 Å². The topological polar surface area (TPSA) is 88.2 Å². The Morgan fingerprint density at radius 1 is 0.971 bits per heavy atom. The minimum Gasteiger partial charge on any atom is -0.399 e. The highest BCUT2D eigenvalue weighted by molar-refractivity contribution is 7.90. The smallest absolute Gasteiger partial charge is 0.399 e. The van der Waals surface area contributed by atoms with E-state index in [2.05, 4.69) is 10.1 Å². The zero-order valence-corrected chi connectivity index (χ0v) is 20.3. The Kier molecular flexibility index (Phi) is 5.39. The second kappa shape index (κ2) is 7.97. The van der Waals surface area contributed by atoms with Crippen LogP contribution in [0, 0.1) is 0 Å². The lowest BCUT2D eigenvalue weighted by atomic mass is 9.79. The minimum absolute atomic E-state index is 0.0986. The van der Waals surface area contributed by atoms with Crippen LogP contribution in [0.15, 0.2) is 66.1 Å². The molecule has 0 radical (unpaired) electrons. The van der Waals surface area contributed by atoms with Crippen LogP contribution in [0.4, 0.5) is 8.78 Å². The molecule has 35 heavy (non-hydrogen) atoms. The van der Waals surface area contributed by atoms with Crippen LogP contribution in [0.25, 0.3) is 22.2 Å². The van der Waals surface area contributed by atoms with Crippen LogP contribution < -0.4 is 5.46 Å². The number of halogens is 2. The maximum atomic E-state index is 13.5. The van der Waals surface area contributed by atoms with E-state index < -0.39 is 34.9 Å². The predicted molar refractivity (Wildman–Crippen MR) is 127 cm³/mol. The number of nitrogens with zero attached hydrogens (tertiary/aromatic N) is 4. The highest BCUT2D eigenvalue weighted by Gasteiger charge is 2.52. The molecule has 0 amide bonds. The maximum Gasteiger partial charge on any atom is 0.497 e. The quantitative estimate of drug-likeness (QED) is 0.387. The van der Waals surface area contributed by atoms with E-state index in [0.29, 0.717) is 26.7 Å². The second-order valence-corrected chi connectivity index (χ2v) is 11.2. The summed E-state index contributed by atoms with van der Waals surface area (Å²) < 4.78 is 67.1. The normalized spacial score (nSPS) is 17.5. The first-order valence-corrected chi connectivity index (χ1v) is 12.3. The molecule has 0 unspecified atom stereocenters. The average molecular weight is 500 g/mol.